The molecule has 0 fully saturated rings. The van der Waals surface area contributed by atoms with Crippen LogP contribution in [-0.4, -0.2) is 23.0 Å². The summed E-state index contributed by atoms with van der Waals surface area (Å²) in [5, 5.41) is 12.8. The second-order valence-corrected chi connectivity index (χ2v) is 7.65. The SMILES string of the molecule is COc1ccc(Cn2c(O)c(C=Nc3cc(Cl)ccc3C)c3ccccc3c2=O)cc1. The summed E-state index contributed by atoms with van der Waals surface area (Å²) >= 11 is 6.11. The van der Waals surface area contributed by atoms with Gasteiger partial charge in [0.05, 0.1) is 24.9 Å². The number of nitrogens with zero attached hydrogens (tertiary/aromatic N) is 2. The van der Waals surface area contributed by atoms with Gasteiger partial charge < -0.3 is 9.84 Å². The summed E-state index contributed by atoms with van der Waals surface area (Å²) < 4.78 is 6.55. The van der Waals surface area contributed by atoms with Gasteiger partial charge in [-0.05, 0) is 48.4 Å². The summed E-state index contributed by atoms with van der Waals surface area (Å²) in [7, 11) is 1.60. The molecule has 0 aliphatic rings. The summed E-state index contributed by atoms with van der Waals surface area (Å²) in [6.45, 7) is 2.15. The standard InChI is InChI=1S/C25H21ClN2O3/c1-16-7-10-18(26)13-23(16)27-14-22-20-5-3-4-6-21(20)24(29)28(25(22)30)15-17-8-11-19(31-2)12-9-17/h3-14,30H,15H2,1-2H3. The molecule has 156 valence electrons. The second kappa shape index (κ2) is 8.66. The predicted molar refractivity (Wildman–Crippen MR) is 125 cm³/mol. The lowest BCUT2D eigenvalue weighted by atomic mass is 10.1. The molecule has 31 heavy (non-hydrogen) atoms. The van der Waals surface area contributed by atoms with E-state index in [0.717, 1.165) is 16.9 Å². The fourth-order valence-electron chi connectivity index (χ4n) is 3.46. The molecule has 0 saturated heterocycles. The maximum atomic E-state index is 13.1. The van der Waals surface area contributed by atoms with Crippen molar-refractivity contribution in [3.8, 4) is 11.6 Å². The Morgan fingerprint density at radius 1 is 1.06 bits per heavy atom. The Kier molecular flexibility index (Phi) is 5.78. The lowest BCUT2D eigenvalue weighted by molar-refractivity contribution is 0.412. The molecule has 6 heteroatoms. The molecular formula is C25H21ClN2O3. The van der Waals surface area contributed by atoms with E-state index in [4.69, 9.17) is 16.3 Å². The van der Waals surface area contributed by atoms with E-state index in [2.05, 4.69) is 4.99 Å². The van der Waals surface area contributed by atoms with Gasteiger partial charge in [-0.1, -0.05) is 48.0 Å². The molecule has 0 saturated carbocycles. The topological polar surface area (TPSA) is 63.8 Å². The maximum Gasteiger partial charge on any atom is 0.261 e. The Balaban J connectivity index is 1.85. The van der Waals surface area contributed by atoms with Gasteiger partial charge in [0.2, 0.25) is 5.88 Å². The minimum atomic E-state index is -0.264. The van der Waals surface area contributed by atoms with Crippen molar-refractivity contribution in [3.05, 3.63) is 98.8 Å². The highest BCUT2D eigenvalue weighted by Gasteiger charge is 2.15. The smallest absolute Gasteiger partial charge is 0.261 e. The highest BCUT2D eigenvalue weighted by Crippen LogP contribution is 2.27. The molecule has 0 spiro atoms. The summed E-state index contributed by atoms with van der Waals surface area (Å²) in [4.78, 5) is 17.7. The van der Waals surface area contributed by atoms with E-state index in [1.54, 1.807) is 43.7 Å². The highest BCUT2D eigenvalue weighted by atomic mass is 35.5. The van der Waals surface area contributed by atoms with Crippen LogP contribution in [0.15, 0.2) is 76.5 Å². The van der Waals surface area contributed by atoms with E-state index in [9.17, 15) is 9.90 Å². The van der Waals surface area contributed by atoms with Crippen LogP contribution in [0.1, 0.15) is 16.7 Å². The van der Waals surface area contributed by atoms with Crippen LogP contribution in [0.25, 0.3) is 10.8 Å². The van der Waals surface area contributed by atoms with Crippen LogP contribution in [0, 0.1) is 6.92 Å². The minimum Gasteiger partial charge on any atom is -0.497 e. The van der Waals surface area contributed by atoms with Crippen LogP contribution in [0.2, 0.25) is 5.02 Å². The Labute approximate surface area is 184 Å². The molecule has 0 amide bonds. The number of rotatable bonds is 5. The second-order valence-electron chi connectivity index (χ2n) is 7.21. The minimum absolute atomic E-state index is 0.136. The Morgan fingerprint density at radius 3 is 2.48 bits per heavy atom. The highest BCUT2D eigenvalue weighted by molar-refractivity contribution is 6.30. The van der Waals surface area contributed by atoms with E-state index in [0.29, 0.717) is 27.0 Å². The number of benzene rings is 3. The summed E-state index contributed by atoms with van der Waals surface area (Å²) in [6, 6.07) is 20.0. The Hall–Kier alpha value is -3.57. The largest absolute Gasteiger partial charge is 0.497 e. The van der Waals surface area contributed by atoms with E-state index < -0.39 is 0 Å². The predicted octanol–water partition coefficient (Wildman–Crippen LogP) is 5.48. The first-order chi connectivity index (χ1) is 15.0. The number of hydrogen-bond acceptors (Lipinski definition) is 4. The monoisotopic (exact) mass is 432 g/mol. The van der Waals surface area contributed by atoms with E-state index in [-0.39, 0.29) is 18.0 Å². The van der Waals surface area contributed by atoms with Crippen LogP contribution in [0.3, 0.4) is 0 Å². The fourth-order valence-corrected chi connectivity index (χ4v) is 3.62. The van der Waals surface area contributed by atoms with Crippen molar-refractivity contribution in [1.29, 1.82) is 0 Å². The lowest BCUT2D eigenvalue weighted by Gasteiger charge is -2.14. The molecule has 4 aromatic rings. The zero-order valence-corrected chi connectivity index (χ0v) is 17.9. The molecule has 0 atom stereocenters. The third-order valence-electron chi connectivity index (χ3n) is 5.19. The van der Waals surface area contributed by atoms with Crippen molar-refractivity contribution in [1.82, 2.24) is 4.57 Å². The molecular weight excluding hydrogens is 412 g/mol. The molecule has 1 N–H and O–H groups in total. The number of aromatic nitrogens is 1. The number of aromatic hydroxyl groups is 1. The number of ether oxygens (including phenoxy) is 1. The third kappa shape index (κ3) is 4.18. The molecule has 1 heterocycles. The molecule has 0 bridgehead atoms. The summed E-state index contributed by atoms with van der Waals surface area (Å²) in [6.07, 6.45) is 1.58. The van der Waals surface area contributed by atoms with Crippen molar-refractivity contribution >= 4 is 34.3 Å². The van der Waals surface area contributed by atoms with Crippen LogP contribution >= 0.6 is 11.6 Å². The van der Waals surface area contributed by atoms with E-state index in [1.165, 1.54) is 4.57 Å². The number of fused-ring (bicyclic) bond motifs is 1. The zero-order valence-electron chi connectivity index (χ0n) is 17.2. The van der Waals surface area contributed by atoms with Gasteiger partial charge in [-0.2, -0.15) is 0 Å². The van der Waals surface area contributed by atoms with Crippen molar-refractivity contribution in [2.75, 3.05) is 7.11 Å². The van der Waals surface area contributed by atoms with Crippen LogP contribution in [0.5, 0.6) is 11.6 Å². The van der Waals surface area contributed by atoms with Gasteiger partial charge in [0.1, 0.15) is 5.75 Å². The van der Waals surface area contributed by atoms with Gasteiger partial charge in [-0.3, -0.25) is 14.4 Å². The third-order valence-corrected chi connectivity index (χ3v) is 5.43. The summed E-state index contributed by atoms with van der Waals surface area (Å²) in [5.41, 5.74) is 2.73. The maximum absolute atomic E-state index is 13.1. The van der Waals surface area contributed by atoms with Gasteiger partial charge in [-0.25, -0.2) is 0 Å². The van der Waals surface area contributed by atoms with Crippen molar-refractivity contribution in [3.63, 3.8) is 0 Å². The van der Waals surface area contributed by atoms with E-state index >= 15 is 0 Å². The summed E-state index contributed by atoms with van der Waals surface area (Å²) in [5.74, 6) is 0.589. The number of halogens is 1. The number of aliphatic imine (C=N–C) groups is 1. The molecule has 3 aromatic carbocycles. The van der Waals surface area contributed by atoms with Gasteiger partial charge in [0.25, 0.3) is 5.56 Å². The van der Waals surface area contributed by atoms with Gasteiger partial charge in [0, 0.05) is 22.0 Å². The number of pyridine rings is 1. The van der Waals surface area contributed by atoms with Crippen LogP contribution in [-0.2, 0) is 6.54 Å². The molecule has 0 aliphatic heterocycles. The molecule has 5 nitrogen and oxygen atoms in total. The Bertz CT molecular complexity index is 1340. The molecule has 0 radical (unpaired) electrons. The van der Waals surface area contributed by atoms with E-state index in [1.807, 2.05) is 43.3 Å². The van der Waals surface area contributed by atoms with Crippen LogP contribution in [0.4, 0.5) is 5.69 Å². The van der Waals surface area contributed by atoms with Gasteiger partial charge in [-0.15, -0.1) is 0 Å². The average Bonchev–Trinajstić information content (AvgIpc) is 2.79. The van der Waals surface area contributed by atoms with Crippen LogP contribution < -0.4 is 10.3 Å². The fraction of sp³-hybridized carbons (Fsp3) is 0.120. The first-order valence-corrected chi connectivity index (χ1v) is 10.1. The number of methoxy groups -OCH3 is 1. The number of hydrogen-bond donors (Lipinski definition) is 1. The quantitative estimate of drug-likeness (QED) is 0.425. The lowest BCUT2D eigenvalue weighted by Crippen LogP contribution is -2.22. The Morgan fingerprint density at radius 2 is 1.77 bits per heavy atom. The first-order valence-electron chi connectivity index (χ1n) is 9.75. The normalized spacial score (nSPS) is 11.3. The van der Waals surface area contributed by atoms with Gasteiger partial charge >= 0.3 is 0 Å². The number of aryl methyl sites for hydroxylation is 1. The average molecular weight is 433 g/mol. The van der Waals surface area contributed by atoms with Gasteiger partial charge in [0.15, 0.2) is 0 Å². The first kappa shape index (κ1) is 20.7. The molecule has 0 aliphatic carbocycles. The molecule has 0 unspecified atom stereocenters. The molecule has 4 rings (SSSR count). The molecule has 1 aromatic heterocycles. The van der Waals surface area contributed by atoms with Crippen molar-refractivity contribution < 1.29 is 9.84 Å². The van der Waals surface area contributed by atoms with Crippen molar-refractivity contribution in [2.45, 2.75) is 13.5 Å². The zero-order chi connectivity index (χ0) is 22.0. The van der Waals surface area contributed by atoms with Crippen molar-refractivity contribution in [2.24, 2.45) is 4.99 Å².